The van der Waals surface area contributed by atoms with Gasteiger partial charge in [0.25, 0.3) is 5.69 Å². The number of nitro groups is 1. The molecule has 0 radical (unpaired) electrons. The Morgan fingerprint density at radius 2 is 1.70 bits per heavy atom. The molecule has 2 aromatic carbocycles. The number of benzene rings is 2. The van der Waals surface area contributed by atoms with Crippen LogP contribution in [0.4, 0.5) is 5.69 Å². The fourth-order valence-corrected chi connectivity index (χ4v) is 5.46. The lowest BCUT2D eigenvalue weighted by atomic mass is 9.79. The van der Waals surface area contributed by atoms with Crippen LogP contribution >= 0.6 is 11.8 Å². The molecule has 1 atom stereocenters. The van der Waals surface area contributed by atoms with Crippen molar-refractivity contribution in [1.82, 2.24) is 5.32 Å². The van der Waals surface area contributed by atoms with Gasteiger partial charge >= 0.3 is 11.9 Å². The molecule has 0 spiro atoms. The maximum atomic E-state index is 13.5. The smallest absolute Gasteiger partial charge is 0.336 e. The summed E-state index contributed by atoms with van der Waals surface area (Å²) in [5, 5.41) is 23.7. The molecule has 9 nitrogen and oxygen atoms in total. The van der Waals surface area contributed by atoms with Gasteiger partial charge in [0.2, 0.25) is 0 Å². The second-order valence-electron chi connectivity index (χ2n) is 9.20. The number of carbonyl (C=O) groups is 2. The molecule has 0 amide bonds. The van der Waals surface area contributed by atoms with Gasteiger partial charge in [0.05, 0.1) is 35.7 Å². The fourth-order valence-electron chi connectivity index (χ4n) is 4.64. The van der Waals surface area contributed by atoms with Crippen LogP contribution in [0, 0.1) is 10.1 Å². The summed E-state index contributed by atoms with van der Waals surface area (Å²) in [4.78, 5) is 38.6. The second kappa shape index (κ2) is 15.2. The van der Waals surface area contributed by atoms with Gasteiger partial charge in [-0.1, -0.05) is 38.1 Å². The third-order valence-electron chi connectivity index (χ3n) is 6.61. The van der Waals surface area contributed by atoms with Crippen LogP contribution in [0.2, 0.25) is 0 Å². The Morgan fingerprint density at radius 1 is 1.02 bits per heavy atom. The topological polar surface area (TPSA) is 128 Å². The van der Waals surface area contributed by atoms with Gasteiger partial charge in [-0.2, -0.15) is 0 Å². The summed E-state index contributed by atoms with van der Waals surface area (Å²) >= 11 is 1.66. The van der Waals surface area contributed by atoms with Crippen molar-refractivity contribution < 1.29 is 29.1 Å². The van der Waals surface area contributed by atoms with Gasteiger partial charge in [-0.05, 0) is 55.4 Å². The van der Waals surface area contributed by atoms with Crippen LogP contribution in [-0.4, -0.2) is 48.0 Å². The summed E-state index contributed by atoms with van der Waals surface area (Å²) in [6.45, 7) is 4.13. The number of allylic oxidation sites excluding steroid dienone is 2. The van der Waals surface area contributed by atoms with Crippen LogP contribution in [0.25, 0.3) is 0 Å². The summed E-state index contributed by atoms with van der Waals surface area (Å²) in [5.74, 6) is -1.32. The molecule has 214 valence electrons. The minimum atomic E-state index is -0.871. The SMILES string of the molecule is CCC1=C(C(=O)OC)C(c2cccc([N+](=O)[O-])c2)C(C(=O)OCCCSc2ccc(CCCO)cc2)=C(CC)N1. The number of hydrogen-bond donors (Lipinski definition) is 2. The van der Waals surface area contributed by atoms with E-state index >= 15 is 0 Å². The van der Waals surface area contributed by atoms with Crippen LogP contribution in [0.3, 0.4) is 0 Å². The van der Waals surface area contributed by atoms with Crippen LogP contribution in [-0.2, 0) is 25.5 Å². The largest absolute Gasteiger partial charge is 0.466 e. The third kappa shape index (κ3) is 7.73. The molecule has 1 aliphatic rings. The second-order valence-corrected chi connectivity index (χ2v) is 10.4. The standard InChI is InChI=1S/C30H36N2O7S/c1-4-24-27(29(34)38-3)26(21-10-6-11-22(19-21)32(36)37)28(25(5-2)31-24)30(35)39-17-8-18-40-23-14-12-20(13-15-23)9-7-16-33/h6,10-15,19,26,31,33H,4-5,7-9,16-18H2,1-3H3. The first-order chi connectivity index (χ1) is 19.3. The molecule has 0 aliphatic carbocycles. The van der Waals surface area contributed by atoms with E-state index in [1.54, 1.807) is 23.9 Å². The highest BCUT2D eigenvalue weighted by Gasteiger charge is 2.39. The number of dihydropyridines is 1. The van der Waals surface area contributed by atoms with Crippen molar-refractivity contribution in [3.05, 3.63) is 92.3 Å². The third-order valence-corrected chi connectivity index (χ3v) is 7.71. The highest BCUT2D eigenvalue weighted by atomic mass is 32.2. The maximum absolute atomic E-state index is 13.5. The van der Waals surface area contributed by atoms with E-state index in [0.29, 0.717) is 36.2 Å². The van der Waals surface area contributed by atoms with E-state index in [-0.39, 0.29) is 30.0 Å². The Kier molecular flexibility index (Phi) is 11.8. The van der Waals surface area contributed by atoms with E-state index in [1.165, 1.54) is 24.8 Å². The normalized spacial score (nSPS) is 15.1. The summed E-state index contributed by atoms with van der Waals surface area (Å²) in [6, 6.07) is 14.2. The number of aliphatic hydroxyl groups excluding tert-OH is 1. The van der Waals surface area contributed by atoms with Gasteiger partial charge < -0.3 is 19.9 Å². The Balaban J connectivity index is 1.78. The Morgan fingerprint density at radius 3 is 2.30 bits per heavy atom. The average molecular weight is 569 g/mol. The highest BCUT2D eigenvalue weighted by Crippen LogP contribution is 2.41. The monoisotopic (exact) mass is 568 g/mol. The first-order valence-corrected chi connectivity index (χ1v) is 14.4. The molecule has 0 bridgehead atoms. The zero-order valence-corrected chi connectivity index (χ0v) is 23.9. The number of aliphatic hydroxyl groups is 1. The van der Waals surface area contributed by atoms with E-state index in [1.807, 2.05) is 26.0 Å². The molecule has 1 heterocycles. The number of ether oxygens (including phenoxy) is 2. The van der Waals surface area contributed by atoms with Gasteiger partial charge in [-0.15, -0.1) is 11.8 Å². The number of aryl methyl sites for hydroxylation is 1. The number of carbonyl (C=O) groups excluding carboxylic acids is 2. The molecule has 0 fully saturated rings. The number of non-ortho nitro benzene ring substituents is 1. The number of thioether (sulfide) groups is 1. The van der Waals surface area contributed by atoms with Crippen LogP contribution in [0.1, 0.15) is 56.6 Å². The van der Waals surface area contributed by atoms with E-state index in [2.05, 4.69) is 17.4 Å². The molecule has 1 unspecified atom stereocenters. The number of esters is 2. The number of nitro benzene ring substituents is 1. The number of hydrogen-bond acceptors (Lipinski definition) is 9. The van der Waals surface area contributed by atoms with Crippen LogP contribution in [0.15, 0.2) is 76.0 Å². The zero-order chi connectivity index (χ0) is 29.1. The molecular formula is C30H36N2O7S. The lowest BCUT2D eigenvalue weighted by Crippen LogP contribution is -2.33. The van der Waals surface area contributed by atoms with Crippen molar-refractivity contribution in [1.29, 1.82) is 0 Å². The zero-order valence-electron chi connectivity index (χ0n) is 23.1. The molecule has 2 N–H and O–H groups in total. The molecule has 0 aromatic heterocycles. The van der Waals surface area contributed by atoms with Crippen molar-refractivity contribution in [2.75, 3.05) is 26.1 Å². The van der Waals surface area contributed by atoms with Gasteiger partial charge in [0, 0.05) is 40.8 Å². The van der Waals surface area contributed by atoms with Crippen LogP contribution in [0.5, 0.6) is 0 Å². The molecule has 1 aliphatic heterocycles. The first-order valence-electron chi connectivity index (χ1n) is 13.4. The van der Waals surface area contributed by atoms with Crippen molar-refractivity contribution in [3.8, 4) is 0 Å². The van der Waals surface area contributed by atoms with Crippen molar-refractivity contribution in [2.24, 2.45) is 0 Å². The van der Waals surface area contributed by atoms with Crippen molar-refractivity contribution in [3.63, 3.8) is 0 Å². The maximum Gasteiger partial charge on any atom is 0.336 e. The molecule has 10 heteroatoms. The van der Waals surface area contributed by atoms with Gasteiger partial charge in [0.15, 0.2) is 0 Å². The fraction of sp³-hybridized carbons (Fsp3) is 0.400. The van der Waals surface area contributed by atoms with Crippen molar-refractivity contribution >= 4 is 29.4 Å². The van der Waals surface area contributed by atoms with Gasteiger partial charge in [-0.25, -0.2) is 9.59 Å². The highest BCUT2D eigenvalue weighted by molar-refractivity contribution is 7.99. The van der Waals surface area contributed by atoms with E-state index in [0.717, 1.165) is 23.5 Å². The van der Waals surface area contributed by atoms with E-state index in [9.17, 15) is 19.7 Å². The predicted molar refractivity (Wildman–Crippen MR) is 154 cm³/mol. The minimum absolute atomic E-state index is 0.137. The molecule has 0 saturated carbocycles. The quantitative estimate of drug-likeness (QED) is 0.101. The minimum Gasteiger partial charge on any atom is -0.466 e. The molecule has 3 rings (SSSR count). The molecule has 40 heavy (non-hydrogen) atoms. The van der Waals surface area contributed by atoms with E-state index in [4.69, 9.17) is 14.6 Å². The van der Waals surface area contributed by atoms with Crippen LogP contribution < -0.4 is 5.32 Å². The molecule has 0 saturated heterocycles. The number of methoxy groups -OCH3 is 1. The number of nitrogens with one attached hydrogen (secondary N) is 1. The predicted octanol–water partition coefficient (Wildman–Crippen LogP) is 5.43. The van der Waals surface area contributed by atoms with Gasteiger partial charge in [-0.3, -0.25) is 10.1 Å². The Bertz CT molecular complexity index is 1270. The van der Waals surface area contributed by atoms with Gasteiger partial charge in [0.1, 0.15) is 0 Å². The molecule has 2 aromatic rings. The summed E-state index contributed by atoms with van der Waals surface area (Å²) < 4.78 is 10.8. The Labute approximate surface area is 238 Å². The summed E-state index contributed by atoms with van der Waals surface area (Å²) in [5.41, 5.74) is 3.20. The van der Waals surface area contributed by atoms with Crippen molar-refractivity contribution in [2.45, 2.75) is 56.8 Å². The number of rotatable bonds is 14. The Hall–Kier alpha value is -3.63. The lowest BCUT2D eigenvalue weighted by molar-refractivity contribution is -0.384. The van der Waals surface area contributed by atoms with E-state index < -0.39 is 22.8 Å². The lowest BCUT2D eigenvalue weighted by Gasteiger charge is -2.32. The number of nitrogens with zero attached hydrogens (tertiary/aromatic N) is 1. The summed E-state index contributed by atoms with van der Waals surface area (Å²) in [7, 11) is 1.27. The summed E-state index contributed by atoms with van der Waals surface area (Å²) in [6.07, 6.45) is 3.14. The molecular weight excluding hydrogens is 532 g/mol. The first kappa shape index (κ1) is 30.9. The average Bonchev–Trinajstić information content (AvgIpc) is 2.98.